The van der Waals surface area contributed by atoms with Gasteiger partial charge in [0, 0.05) is 28.5 Å². The lowest BCUT2D eigenvalue weighted by Crippen LogP contribution is -2.03. The van der Waals surface area contributed by atoms with Gasteiger partial charge in [-0.25, -0.2) is 0 Å². The zero-order valence-electron chi connectivity index (χ0n) is 14.0. The average Bonchev–Trinajstić information content (AvgIpc) is 3.31. The summed E-state index contributed by atoms with van der Waals surface area (Å²) in [6.45, 7) is 0. The van der Waals surface area contributed by atoms with Crippen molar-refractivity contribution < 1.29 is 0 Å². The molecule has 0 spiro atoms. The molecular formula is C23H15N3. The molecule has 0 amide bonds. The lowest BCUT2D eigenvalue weighted by molar-refractivity contribution is 1.12. The van der Waals surface area contributed by atoms with Crippen LogP contribution in [0.3, 0.4) is 0 Å². The predicted octanol–water partition coefficient (Wildman–Crippen LogP) is 4.64. The zero-order chi connectivity index (χ0) is 17.3. The molecule has 0 fully saturated rings. The monoisotopic (exact) mass is 333 g/mol. The molecule has 0 saturated carbocycles. The van der Waals surface area contributed by atoms with Gasteiger partial charge in [0.25, 0.3) is 0 Å². The van der Waals surface area contributed by atoms with Crippen LogP contribution in [0.15, 0.2) is 77.9 Å². The predicted molar refractivity (Wildman–Crippen MR) is 105 cm³/mol. The molecule has 0 radical (unpaired) electrons. The lowest BCUT2D eigenvalue weighted by Gasteiger charge is -2.03. The molecule has 3 nitrogen and oxygen atoms in total. The first kappa shape index (κ1) is 14.7. The highest BCUT2D eigenvalue weighted by Crippen LogP contribution is 2.32. The number of aromatic nitrogens is 2. The molecule has 1 aliphatic heterocycles. The Morgan fingerprint density at radius 3 is 2.65 bits per heavy atom. The highest BCUT2D eigenvalue weighted by atomic mass is 15.1. The molecule has 1 aromatic heterocycles. The standard InChI is InChI=1S/C23H15N3/c1-2-6-16(7-3-1)10-11-17-8-4-5-9-20(17)23-13-18-12-22-19(15-24-26-22)14-21(18)25-23/h1-9,12,14-15H,13H2,(H,24,26). The van der Waals surface area contributed by atoms with Crippen LogP contribution >= 0.6 is 0 Å². The fourth-order valence-electron chi connectivity index (χ4n) is 3.30. The summed E-state index contributed by atoms with van der Waals surface area (Å²) in [5.41, 5.74) is 7.50. The van der Waals surface area contributed by atoms with E-state index in [4.69, 9.17) is 4.99 Å². The van der Waals surface area contributed by atoms with Crippen molar-refractivity contribution in [3.05, 3.63) is 95.2 Å². The van der Waals surface area contributed by atoms with Crippen LogP contribution in [0.4, 0.5) is 5.69 Å². The second kappa shape index (κ2) is 6.02. The number of H-pyrrole nitrogens is 1. The van der Waals surface area contributed by atoms with Crippen LogP contribution in [0.2, 0.25) is 0 Å². The highest BCUT2D eigenvalue weighted by molar-refractivity contribution is 6.09. The Kier molecular flexibility index (Phi) is 3.40. The van der Waals surface area contributed by atoms with E-state index in [1.165, 1.54) is 5.56 Å². The Morgan fingerprint density at radius 2 is 1.73 bits per heavy atom. The molecule has 1 N–H and O–H groups in total. The smallest absolute Gasteiger partial charge is 0.0677 e. The van der Waals surface area contributed by atoms with Crippen LogP contribution in [0.25, 0.3) is 10.9 Å². The summed E-state index contributed by atoms with van der Waals surface area (Å²) in [6.07, 6.45) is 2.65. The zero-order valence-corrected chi connectivity index (χ0v) is 14.0. The SMILES string of the molecule is C(#Cc1ccccc1C1=Nc2cc3cn[nH]c3cc2C1)c1ccccc1. The van der Waals surface area contributed by atoms with Crippen LogP contribution in [0, 0.1) is 11.8 Å². The third-order valence-corrected chi connectivity index (χ3v) is 4.61. The number of aromatic amines is 1. The van der Waals surface area contributed by atoms with Gasteiger partial charge in [0.2, 0.25) is 0 Å². The summed E-state index contributed by atoms with van der Waals surface area (Å²) in [4.78, 5) is 4.87. The molecule has 0 atom stereocenters. The molecule has 2 heterocycles. The maximum atomic E-state index is 4.87. The van der Waals surface area contributed by atoms with Gasteiger partial charge in [-0.2, -0.15) is 5.10 Å². The first-order valence-electron chi connectivity index (χ1n) is 8.57. The molecule has 122 valence electrons. The van der Waals surface area contributed by atoms with Crippen LogP contribution < -0.4 is 0 Å². The van der Waals surface area contributed by atoms with Gasteiger partial charge in [0.1, 0.15) is 0 Å². The van der Waals surface area contributed by atoms with Crippen molar-refractivity contribution >= 4 is 22.3 Å². The van der Waals surface area contributed by atoms with E-state index in [1.807, 2.05) is 48.7 Å². The Balaban J connectivity index is 1.54. The molecule has 5 rings (SSSR count). The number of hydrogen-bond donors (Lipinski definition) is 1. The van der Waals surface area contributed by atoms with Crippen molar-refractivity contribution in [3.63, 3.8) is 0 Å². The van der Waals surface area contributed by atoms with E-state index in [9.17, 15) is 0 Å². The van der Waals surface area contributed by atoms with Crippen molar-refractivity contribution in [3.8, 4) is 11.8 Å². The molecule has 0 bridgehead atoms. The van der Waals surface area contributed by atoms with Crippen molar-refractivity contribution in [2.24, 2.45) is 4.99 Å². The van der Waals surface area contributed by atoms with E-state index in [-0.39, 0.29) is 0 Å². The summed E-state index contributed by atoms with van der Waals surface area (Å²) < 4.78 is 0. The van der Waals surface area contributed by atoms with Crippen LogP contribution in [-0.4, -0.2) is 15.9 Å². The van der Waals surface area contributed by atoms with Crippen molar-refractivity contribution in [1.82, 2.24) is 10.2 Å². The number of nitrogens with one attached hydrogen (secondary N) is 1. The van der Waals surface area contributed by atoms with E-state index in [0.29, 0.717) is 0 Å². The van der Waals surface area contributed by atoms with Gasteiger partial charge < -0.3 is 0 Å². The first-order valence-corrected chi connectivity index (χ1v) is 8.57. The lowest BCUT2D eigenvalue weighted by atomic mass is 9.99. The molecule has 0 unspecified atom stereocenters. The van der Waals surface area contributed by atoms with Gasteiger partial charge in [-0.15, -0.1) is 0 Å². The third kappa shape index (κ3) is 2.58. The number of benzene rings is 3. The quantitative estimate of drug-likeness (QED) is 0.507. The summed E-state index contributed by atoms with van der Waals surface area (Å²) in [5.74, 6) is 6.56. The van der Waals surface area contributed by atoms with Gasteiger partial charge in [-0.1, -0.05) is 48.2 Å². The fourth-order valence-corrected chi connectivity index (χ4v) is 3.30. The first-order chi connectivity index (χ1) is 12.9. The van der Waals surface area contributed by atoms with Crippen molar-refractivity contribution in [2.75, 3.05) is 0 Å². The molecule has 1 aliphatic rings. The minimum atomic E-state index is 0.814. The molecular weight excluding hydrogens is 318 g/mol. The van der Waals surface area contributed by atoms with Crippen molar-refractivity contribution in [1.29, 1.82) is 0 Å². The average molecular weight is 333 g/mol. The van der Waals surface area contributed by atoms with Crippen LogP contribution in [0.1, 0.15) is 22.3 Å². The van der Waals surface area contributed by atoms with E-state index < -0.39 is 0 Å². The van der Waals surface area contributed by atoms with Gasteiger partial charge in [0.05, 0.1) is 23.1 Å². The second-order valence-corrected chi connectivity index (χ2v) is 6.34. The molecule has 0 saturated heterocycles. The Morgan fingerprint density at radius 1 is 0.885 bits per heavy atom. The van der Waals surface area contributed by atoms with E-state index in [0.717, 1.165) is 45.4 Å². The maximum absolute atomic E-state index is 4.87. The van der Waals surface area contributed by atoms with Gasteiger partial charge in [-0.3, -0.25) is 10.1 Å². The molecule has 3 aromatic carbocycles. The highest BCUT2D eigenvalue weighted by Gasteiger charge is 2.19. The van der Waals surface area contributed by atoms with E-state index in [2.05, 4.69) is 46.3 Å². The Labute approximate surface area is 151 Å². The Hall–Kier alpha value is -3.64. The largest absolute Gasteiger partial charge is 0.278 e. The molecule has 26 heavy (non-hydrogen) atoms. The topological polar surface area (TPSA) is 41.0 Å². The minimum absolute atomic E-state index is 0.814. The maximum Gasteiger partial charge on any atom is 0.0677 e. The van der Waals surface area contributed by atoms with E-state index >= 15 is 0 Å². The van der Waals surface area contributed by atoms with Crippen LogP contribution in [0.5, 0.6) is 0 Å². The summed E-state index contributed by atoms with van der Waals surface area (Å²) in [6, 6.07) is 22.5. The minimum Gasteiger partial charge on any atom is -0.278 e. The third-order valence-electron chi connectivity index (χ3n) is 4.61. The van der Waals surface area contributed by atoms with Crippen molar-refractivity contribution in [2.45, 2.75) is 6.42 Å². The number of nitrogens with zero attached hydrogens (tertiary/aromatic N) is 2. The Bertz CT molecular complexity index is 1200. The number of aliphatic imine (C=N–C) groups is 1. The summed E-state index contributed by atoms with van der Waals surface area (Å²) in [5, 5.41) is 8.21. The molecule has 0 aliphatic carbocycles. The second-order valence-electron chi connectivity index (χ2n) is 6.34. The van der Waals surface area contributed by atoms with E-state index in [1.54, 1.807) is 0 Å². The normalized spacial score (nSPS) is 12.4. The number of rotatable bonds is 1. The van der Waals surface area contributed by atoms with Gasteiger partial charge in [-0.05, 0) is 35.9 Å². The fraction of sp³-hybridized carbons (Fsp3) is 0.0435. The van der Waals surface area contributed by atoms with Crippen LogP contribution in [-0.2, 0) is 6.42 Å². The van der Waals surface area contributed by atoms with Gasteiger partial charge >= 0.3 is 0 Å². The molecule has 3 heteroatoms. The van der Waals surface area contributed by atoms with Gasteiger partial charge in [0.15, 0.2) is 0 Å². The number of hydrogen-bond acceptors (Lipinski definition) is 2. The summed E-state index contributed by atoms with van der Waals surface area (Å²) >= 11 is 0. The summed E-state index contributed by atoms with van der Waals surface area (Å²) in [7, 11) is 0. The number of fused-ring (bicyclic) bond motifs is 2. The molecule has 4 aromatic rings.